The van der Waals surface area contributed by atoms with Crippen LogP contribution >= 0.6 is 23.2 Å². The molecule has 0 fully saturated rings. The molecule has 3 aromatic carbocycles. The lowest BCUT2D eigenvalue weighted by Gasteiger charge is -2.09. The fourth-order valence-electron chi connectivity index (χ4n) is 3.47. The Morgan fingerprint density at radius 3 is 2.06 bits per heavy atom. The standard InChI is InChI=1S/C23H18Cl2F3N3O2/c1-30-20-10-18(24)19(25)11-21(20)31(12-14-2-4-15(13-32)5-3-14)22(30)29-16-6-8-17(9-7-16)33-23(26,27)28/h2-11,32H,12-13H2,1H3. The molecule has 0 aliphatic carbocycles. The normalized spacial score (nSPS) is 12.5. The summed E-state index contributed by atoms with van der Waals surface area (Å²) in [6.07, 6.45) is -4.76. The molecule has 0 unspecified atom stereocenters. The van der Waals surface area contributed by atoms with Crippen molar-refractivity contribution in [3.05, 3.63) is 87.5 Å². The zero-order valence-electron chi connectivity index (χ0n) is 17.3. The van der Waals surface area contributed by atoms with Crippen LogP contribution in [0.2, 0.25) is 10.0 Å². The number of ether oxygens (including phenoxy) is 1. The van der Waals surface area contributed by atoms with E-state index in [4.69, 9.17) is 23.2 Å². The molecule has 1 aromatic heterocycles. The first-order valence-electron chi connectivity index (χ1n) is 9.78. The summed E-state index contributed by atoms with van der Waals surface area (Å²) in [4.78, 5) is 4.67. The van der Waals surface area contributed by atoms with Gasteiger partial charge in [0.15, 0.2) is 0 Å². The van der Waals surface area contributed by atoms with Gasteiger partial charge in [-0.3, -0.25) is 0 Å². The molecule has 0 amide bonds. The maximum atomic E-state index is 12.4. The molecule has 5 nitrogen and oxygen atoms in total. The van der Waals surface area contributed by atoms with Crippen LogP contribution < -0.4 is 10.4 Å². The average molecular weight is 496 g/mol. The van der Waals surface area contributed by atoms with Crippen LogP contribution in [0.4, 0.5) is 18.9 Å². The summed E-state index contributed by atoms with van der Waals surface area (Å²) in [7, 11) is 1.82. The highest BCUT2D eigenvalue weighted by Gasteiger charge is 2.30. The first kappa shape index (κ1) is 23.2. The number of aromatic nitrogens is 2. The first-order chi connectivity index (χ1) is 15.6. The predicted octanol–water partition coefficient (Wildman–Crippen LogP) is 5.96. The molecule has 0 spiro atoms. The second kappa shape index (κ2) is 9.13. The highest BCUT2D eigenvalue weighted by molar-refractivity contribution is 6.42. The third-order valence-electron chi connectivity index (χ3n) is 5.06. The monoisotopic (exact) mass is 495 g/mol. The summed E-state index contributed by atoms with van der Waals surface area (Å²) >= 11 is 12.5. The number of rotatable bonds is 5. The van der Waals surface area contributed by atoms with Crippen molar-refractivity contribution in [1.82, 2.24) is 9.13 Å². The number of halogens is 5. The molecule has 4 aromatic rings. The molecule has 33 heavy (non-hydrogen) atoms. The summed E-state index contributed by atoms with van der Waals surface area (Å²) in [6, 6.07) is 16.3. The molecule has 0 bridgehead atoms. The molecule has 0 radical (unpaired) electrons. The quantitative estimate of drug-likeness (QED) is 0.371. The topological polar surface area (TPSA) is 51.7 Å². The highest BCUT2D eigenvalue weighted by atomic mass is 35.5. The van der Waals surface area contributed by atoms with Gasteiger partial charge < -0.3 is 19.0 Å². The summed E-state index contributed by atoms with van der Waals surface area (Å²) in [5, 5.41) is 10.1. The van der Waals surface area contributed by atoms with E-state index in [0.717, 1.165) is 22.2 Å². The van der Waals surface area contributed by atoms with Gasteiger partial charge in [-0.15, -0.1) is 13.2 Å². The van der Waals surface area contributed by atoms with Gasteiger partial charge in [0.1, 0.15) is 5.75 Å². The Bertz CT molecular complexity index is 1360. The average Bonchev–Trinajstić information content (AvgIpc) is 3.00. The van der Waals surface area contributed by atoms with Gasteiger partial charge in [0.05, 0.1) is 39.9 Å². The maximum absolute atomic E-state index is 12.4. The number of imidazole rings is 1. The molecule has 0 saturated carbocycles. The Kier molecular flexibility index (Phi) is 6.43. The lowest BCUT2D eigenvalue weighted by Crippen LogP contribution is -2.24. The second-order valence-electron chi connectivity index (χ2n) is 7.33. The van der Waals surface area contributed by atoms with Crippen LogP contribution in [0, 0.1) is 0 Å². The largest absolute Gasteiger partial charge is 0.573 e. The summed E-state index contributed by atoms with van der Waals surface area (Å²) in [6.45, 7) is 0.388. The van der Waals surface area contributed by atoms with E-state index in [1.165, 1.54) is 24.3 Å². The molecule has 0 aliphatic heterocycles. The number of aliphatic hydroxyl groups is 1. The van der Waals surface area contributed by atoms with Crippen molar-refractivity contribution < 1.29 is 23.0 Å². The van der Waals surface area contributed by atoms with E-state index in [-0.39, 0.29) is 12.4 Å². The Morgan fingerprint density at radius 1 is 0.909 bits per heavy atom. The van der Waals surface area contributed by atoms with Crippen molar-refractivity contribution in [1.29, 1.82) is 0 Å². The zero-order chi connectivity index (χ0) is 23.8. The molecule has 172 valence electrons. The van der Waals surface area contributed by atoms with Crippen LogP contribution in [0.5, 0.6) is 5.75 Å². The lowest BCUT2D eigenvalue weighted by atomic mass is 10.1. The van der Waals surface area contributed by atoms with Crippen LogP contribution in [0.1, 0.15) is 11.1 Å². The van der Waals surface area contributed by atoms with Crippen LogP contribution in [-0.4, -0.2) is 20.6 Å². The minimum Gasteiger partial charge on any atom is -0.406 e. The van der Waals surface area contributed by atoms with Crippen molar-refractivity contribution in [3.63, 3.8) is 0 Å². The third-order valence-corrected chi connectivity index (χ3v) is 5.78. The SMILES string of the molecule is Cn1c(=Nc2ccc(OC(F)(F)F)cc2)n(Cc2ccc(CO)cc2)c2cc(Cl)c(Cl)cc21. The Balaban J connectivity index is 1.84. The van der Waals surface area contributed by atoms with Crippen molar-refractivity contribution in [2.24, 2.45) is 12.0 Å². The van der Waals surface area contributed by atoms with E-state index >= 15 is 0 Å². The van der Waals surface area contributed by atoms with Gasteiger partial charge in [0, 0.05) is 7.05 Å². The number of benzene rings is 3. The third kappa shape index (κ3) is 5.19. The first-order valence-corrected chi connectivity index (χ1v) is 10.5. The van der Waals surface area contributed by atoms with E-state index in [0.29, 0.717) is 27.9 Å². The van der Waals surface area contributed by atoms with Crippen molar-refractivity contribution >= 4 is 39.9 Å². The Labute approximate surface area is 196 Å². The maximum Gasteiger partial charge on any atom is 0.573 e. The molecule has 0 aliphatic rings. The van der Waals surface area contributed by atoms with E-state index in [1.54, 1.807) is 12.1 Å². The zero-order valence-corrected chi connectivity index (χ0v) is 18.8. The molecule has 10 heteroatoms. The molecular weight excluding hydrogens is 478 g/mol. The van der Waals surface area contributed by atoms with E-state index in [9.17, 15) is 18.3 Å². The molecule has 0 saturated heterocycles. The van der Waals surface area contributed by atoms with Crippen LogP contribution in [0.3, 0.4) is 0 Å². The van der Waals surface area contributed by atoms with Gasteiger partial charge in [-0.25, -0.2) is 4.99 Å². The van der Waals surface area contributed by atoms with Gasteiger partial charge in [-0.1, -0.05) is 47.5 Å². The van der Waals surface area contributed by atoms with Gasteiger partial charge >= 0.3 is 6.36 Å². The minimum absolute atomic E-state index is 0.0512. The van der Waals surface area contributed by atoms with E-state index < -0.39 is 6.36 Å². The summed E-state index contributed by atoms with van der Waals surface area (Å²) in [5.74, 6) is -0.325. The molecule has 1 N–H and O–H groups in total. The summed E-state index contributed by atoms with van der Waals surface area (Å²) < 4.78 is 45.0. The van der Waals surface area contributed by atoms with Gasteiger partial charge in [0.2, 0.25) is 5.62 Å². The number of hydrogen-bond donors (Lipinski definition) is 1. The van der Waals surface area contributed by atoms with Gasteiger partial charge in [0.25, 0.3) is 0 Å². The number of nitrogens with zero attached hydrogens (tertiary/aromatic N) is 3. The van der Waals surface area contributed by atoms with Crippen molar-refractivity contribution in [3.8, 4) is 5.75 Å². The van der Waals surface area contributed by atoms with Crippen molar-refractivity contribution in [2.75, 3.05) is 0 Å². The highest BCUT2D eigenvalue weighted by Crippen LogP contribution is 2.28. The van der Waals surface area contributed by atoms with Gasteiger partial charge in [-0.05, 0) is 47.5 Å². The van der Waals surface area contributed by atoms with Crippen LogP contribution in [0.25, 0.3) is 11.0 Å². The fraction of sp³-hybridized carbons (Fsp3) is 0.174. The minimum atomic E-state index is -4.76. The molecule has 4 rings (SSSR count). The van der Waals surface area contributed by atoms with E-state index in [2.05, 4.69) is 9.73 Å². The molecule has 0 atom stereocenters. The molecule has 1 heterocycles. The predicted molar refractivity (Wildman–Crippen MR) is 121 cm³/mol. The van der Waals surface area contributed by atoms with Gasteiger partial charge in [-0.2, -0.15) is 0 Å². The second-order valence-corrected chi connectivity index (χ2v) is 8.14. The number of aliphatic hydroxyl groups excluding tert-OH is 1. The Morgan fingerprint density at radius 2 is 1.48 bits per heavy atom. The lowest BCUT2D eigenvalue weighted by molar-refractivity contribution is -0.274. The number of alkyl halides is 3. The number of fused-ring (bicyclic) bond motifs is 1. The molecular formula is C23H18Cl2F3N3O2. The number of hydrogen-bond acceptors (Lipinski definition) is 3. The van der Waals surface area contributed by atoms with E-state index in [1.807, 2.05) is 40.4 Å². The van der Waals surface area contributed by atoms with Crippen molar-refractivity contribution in [2.45, 2.75) is 19.5 Å². The van der Waals surface area contributed by atoms with Crippen LogP contribution in [0.15, 0.2) is 65.7 Å². The summed E-state index contributed by atoms with van der Waals surface area (Å²) in [5.41, 5.74) is 4.31. The van der Waals surface area contributed by atoms with Crippen LogP contribution in [-0.2, 0) is 20.2 Å². The Hall–Kier alpha value is -2.94. The number of aryl methyl sites for hydroxylation is 1. The smallest absolute Gasteiger partial charge is 0.406 e. The fourth-order valence-corrected chi connectivity index (χ4v) is 3.78.